The van der Waals surface area contributed by atoms with E-state index in [0.29, 0.717) is 6.04 Å². The van der Waals surface area contributed by atoms with Gasteiger partial charge in [-0.05, 0) is 49.6 Å². The van der Waals surface area contributed by atoms with Crippen molar-refractivity contribution in [3.8, 4) is 16.9 Å². The number of hydrogen-bond donors (Lipinski definition) is 2. The smallest absolute Gasteiger partial charge is 0.151 e. The summed E-state index contributed by atoms with van der Waals surface area (Å²) in [5.74, 6) is 0.947. The highest BCUT2D eigenvalue weighted by Crippen LogP contribution is 2.30. The van der Waals surface area contributed by atoms with Crippen molar-refractivity contribution in [1.29, 1.82) is 0 Å². The average Bonchev–Trinajstić information content (AvgIpc) is 3.19. The van der Waals surface area contributed by atoms with E-state index in [4.69, 9.17) is 0 Å². The summed E-state index contributed by atoms with van der Waals surface area (Å²) in [5.41, 5.74) is 3.75. The molecule has 3 aromatic heterocycles. The van der Waals surface area contributed by atoms with Crippen LogP contribution in [0, 0.1) is 0 Å². The van der Waals surface area contributed by atoms with Crippen molar-refractivity contribution in [2.75, 3.05) is 18.0 Å². The topological polar surface area (TPSA) is 87.5 Å². The number of aromatic nitrogens is 6. The lowest BCUT2D eigenvalue weighted by Crippen LogP contribution is -2.34. The summed E-state index contributed by atoms with van der Waals surface area (Å²) in [6, 6.07) is 11.4. The molecule has 1 saturated carbocycles. The summed E-state index contributed by atoms with van der Waals surface area (Å²) in [4.78, 5) is 2.32. The first-order valence-electron chi connectivity index (χ1n) is 10.2. The molecule has 6 rings (SSSR count). The van der Waals surface area contributed by atoms with Crippen LogP contribution in [0.1, 0.15) is 19.3 Å². The Morgan fingerprint density at radius 3 is 2.79 bits per heavy atom. The van der Waals surface area contributed by atoms with Crippen molar-refractivity contribution < 1.29 is 0 Å². The minimum atomic E-state index is 0.573. The lowest BCUT2D eigenvalue weighted by molar-refractivity contribution is 0.548. The molecule has 1 aromatic carbocycles. The van der Waals surface area contributed by atoms with E-state index in [1.165, 1.54) is 19.3 Å². The van der Waals surface area contributed by atoms with Gasteiger partial charge in [-0.2, -0.15) is 10.2 Å². The van der Waals surface area contributed by atoms with Crippen LogP contribution in [0.2, 0.25) is 0 Å². The van der Waals surface area contributed by atoms with E-state index in [0.717, 1.165) is 52.8 Å². The lowest BCUT2D eigenvalue weighted by atomic mass is 10.1. The normalized spacial score (nSPS) is 19.3. The molecule has 146 valence electrons. The van der Waals surface area contributed by atoms with Crippen LogP contribution in [0.3, 0.4) is 0 Å². The number of H-pyrrole nitrogens is 1. The minimum absolute atomic E-state index is 0.573. The molecular weight excluding hydrogens is 364 g/mol. The maximum absolute atomic E-state index is 4.53. The van der Waals surface area contributed by atoms with E-state index in [-0.39, 0.29) is 0 Å². The van der Waals surface area contributed by atoms with Crippen LogP contribution in [-0.4, -0.2) is 55.3 Å². The van der Waals surface area contributed by atoms with Gasteiger partial charge in [0, 0.05) is 48.5 Å². The van der Waals surface area contributed by atoms with Crippen LogP contribution in [0.4, 0.5) is 5.82 Å². The van der Waals surface area contributed by atoms with Gasteiger partial charge in [0.05, 0.1) is 23.1 Å². The number of nitrogens with one attached hydrogen (secondary N) is 2. The van der Waals surface area contributed by atoms with Gasteiger partial charge >= 0.3 is 0 Å². The Labute approximate surface area is 167 Å². The second kappa shape index (κ2) is 6.66. The molecule has 1 unspecified atom stereocenters. The zero-order chi connectivity index (χ0) is 19.2. The minimum Gasteiger partial charge on any atom is -0.354 e. The average molecular weight is 386 g/mol. The molecule has 8 heteroatoms. The third-order valence-corrected chi connectivity index (χ3v) is 5.83. The van der Waals surface area contributed by atoms with Gasteiger partial charge in [-0.15, -0.1) is 10.2 Å². The van der Waals surface area contributed by atoms with E-state index in [1.807, 2.05) is 41.3 Å². The Kier molecular flexibility index (Phi) is 3.83. The first-order valence-corrected chi connectivity index (χ1v) is 10.2. The fourth-order valence-corrected chi connectivity index (χ4v) is 4.17. The first kappa shape index (κ1) is 16.7. The Balaban J connectivity index is 1.27. The molecule has 29 heavy (non-hydrogen) atoms. The Bertz CT molecular complexity index is 1130. The van der Waals surface area contributed by atoms with Gasteiger partial charge in [-0.25, -0.2) is 4.68 Å². The second-order valence-electron chi connectivity index (χ2n) is 7.89. The maximum atomic E-state index is 4.53. The second-order valence-corrected chi connectivity index (χ2v) is 7.89. The van der Waals surface area contributed by atoms with E-state index in [2.05, 4.69) is 41.8 Å². The maximum Gasteiger partial charge on any atom is 0.151 e. The van der Waals surface area contributed by atoms with Crippen LogP contribution in [0.15, 0.2) is 48.9 Å². The third-order valence-electron chi connectivity index (χ3n) is 5.83. The van der Waals surface area contributed by atoms with E-state index in [9.17, 15) is 0 Å². The molecular formula is C21H22N8. The number of hydrogen-bond acceptors (Lipinski definition) is 6. The van der Waals surface area contributed by atoms with Gasteiger partial charge < -0.3 is 10.2 Å². The molecule has 0 amide bonds. The largest absolute Gasteiger partial charge is 0.354 e. The molecule has 1 aliphatic carbocycles. The van der Waals surface area contributed by atoms with Crippen LogP contribution in [-0.2, 0) is 0 Å². The summed E-state index contributed by atoms with van der Waals surface area (Å²) in [6.45, 7) is 2.04. The number of aromatic amines is 1. The summed E-state index contributed by atoms with van der Waals surface area (Å²) in [6.07, 6.45) is 9.35. The quantitative estimate of drug-likeness (QED) is 0.548. The lowest BCUT2D eigenvalue weighted by Gasteiger charge is -2.17. The Morgan fingerprint density at radius 2 is 2.00 bits per heavy atom. The van der Waals surface area contributed by atoms with Gasteiger partial charge in [0.25, 0.3) is 0 Å². The molecule has 1 atom stereocenters. The number of rotatable bonds is 5. The van der Waals surface area contributed by atoms with Crippen molar-refractivity contribution in [2.45, 2.75) is 31.3 Å². The number of nitrogens with zero attached hydrogens (tertiary/aromatic N) is 6. The highest BCUT2D eigenvalue weighted by atomic mass is 15.3. The molecule has 4 heterocycles. The first-order chi connectivity index (χ1) is 14.3. The summed E-state index contributed by atoms with van der Waals surface area (Å²) >= 11 is 0. The van der Waals surface area contributed by atoms with E-state index < -0.39 is 0 Å². The zero-order valence-electron chi connectivity index (χ0n) is 16.0. The summed E-state index contributed by atoms with van der Waals surface area (Å²) < 4.78 is 1.84. The Hall–Kier alpha value is -3.26. The van der Waals surface area contributed by atoms with E-state index >= 15 is 0 Å². The van der Waals surface area contributed by atoms with Gasteiger partial charge in [0.2, 0.25) is 0 Å². The molecule has 0 spiro atoms. The summed E-state index contributed by atoms with van der Waals surface area (Å²) in [5, 5.41) is 25.5. The van der Waals surface area contributed by atoms with E-state index in [1.54, 1.807) is 6.20 Å². The molecule has 8 nitrogen and oxygen atoms in total. The molecule has 2 fully saturated rings. The molecule has 2 aliphatic rings. The molecule has 1 saturated heterocycles. The number of benzene rings is 1. The van der Waals surface area contributed by atoms with Gasteiger partial charge in [0.15, 0.2) is 5.82 Å². The van der Waals surface area contributed by atoms with Crippen LogP contribution < -0.4 is 10.2 Å². The predicted octanol–water partition coefficient (Wildman–Crippen LogP) is 2.54. The monoisotopic (exact) mass is 386 g/mol. The van der Waals surface area contributed by atoms with Crippen molar-refractivity contribution in [1.82, 2.24) is 35.5 Å². The summed E-state index contributed by atoms with van der Waals surface area (Å²) in [7, 11) is 0. The van der Waals surface area contributed by atoms with Crippen LogP contribution in [0.25, 0.3) is 27.8 Å². The Morgan fingerprint density at radius 1 is 1.03 bits per heavy atom. The molecule has 4 aromatic rings. The van der Waals surface area contributed by atoms with Gasteiger partial charge in [-0.1, -0.05) is 0 Å². The third kappa shape index (κ3) is 3.05. The zero-order valence-corrected chi connectivity index (χ0v) is 16.0. The fraction of sp³-hybridized carbons (Fsp3) is 0.333. The number of anilines is 1. The number of fused-ring (bicyclic) bond motifs is 1. The fourth-order valence-electron chi connectivity index (χ4n) is 4.17. The molecule has 0 bridgehead atoms. The van der Waals surface area contributed by atoms with Gasteiger partial charge in [-0.3, -0.25) is 5.10 Å². The molecule has 0 radical (unpaired) electrons. The van der Waals surface area contributed by atoms with Crippen molar-refractivity contribution in [3.63, 3.8) is 0 Å². The highest BCUT2D eigenvalue weighted by Gasteiger charge is 2.29. The van der Waals surface area contributed by atoms with Crippen LogP contribution in [0.5, 0.6) is 0 Å². The molecule has 1 aliphatic heterocycles. The van der Waals surface area contributed by atoms with Gasteiger partial charge in [0.1, 0.15) is 0 Å². The van der Waals surface area contributed by atoms with Crippen LogP contribution >= 0.6 is 0 Å². The highest BCUT2D eigenvalue weighted by molar-refractivity contribution is 5.97. The van der Waals surface area contributed by atoms with Crippen molar-refractivity contribution >= 4 is 16.7 Å². The predicted molar refractivity (Wildman–Crippen MR) is 111 cm³/mol. The SMILES string of the molecule is c1cnn(-c2ccc(-c3ccc(N4CCC(NC5CC5)C4)nn3)c3[nH]ncc23)c1. The van der Waals surface area contributed by atoms with Crippen molar-refractivity contribution in [2.24, 2.45) is 0 Å². The molecule has 2 N–H and O–H groups in total. The van der Waals surface area contributed by atoms with Crippen molar-refractivity contribution in [3.05, 3.63) is 48.9 Å². The standard InChI is InChI=1S/C21H22N8/c1-9-23-29(10-1)19-6-4-16(21-17(19)12-22-27-21)18-5-7-20(26-25-18)28-11-8-15(13-28)24-14-2-3-14/h1,4-7,9-10,12,14-15,24H,2-3,8,11,13H2,(H,22,27).